The van der Waals surface area contributed by atoms with Crippen molar-refractivity contribution in [1.29, 1.82) is 0 Å². The molecule has 1 unspecified atom stereocenters. The van der Waals surface area contributed by atoms with E-state index in [9.17, 15) is 10.2 Å². The van der Waals surface area contributed by atoms with Gasteiger partial charge in [-0.15, -0.1) is 0 Å². The average molecular weight is 303 g/mol. The average Bonchev–Trinajstić information content (AvgIpc) is 2.56. The molecule has 1 aromatic rings. The van der Waals surface area contributed by atoms with Crippen LogP contribution in [-0.2, 0) is 4.74 Å². The lowest BCUT2D eigenvalue weighted by molar-refractivity contribution is -0.0481. The largest absolute Gasteiger partial charge is 0.577 e. The minimum absolute atomic E-state index is 0.126. The van der Waals surface area contributed by atoms with Crippen LogP contribution in [0.3, 0.4) is 0 Å². The normalized spacial score (nSPS) is 26.9. The fraction of sp³-hybridized carbons (Fsp3) is 0.294. The fourth-order valence-electron chi connectivity index (χ4n) is 2.73. The number of aliphatic hydroxyl groups excluding tert-OH is 2. The summed E-state index contributed by atoms with van der Waals surface area (Å²) in [6, 6.07) is 7.70. The summed E-state index contributed by atoms with van der Waals surface area (Å²) in [5.74, 6) is 1.44. The summed E-state index contributed by atoms with van der Waals surface area (Å²) in [6.07, 6.45) is 4.26. The van der Waals surface area contributed by atoms with E-state index in [1.54, 1.807) is 13.2 Å². The van der Waals surface area contributed by atoms with E-state index in [0.717, 1.165) is 11.3 Å². The highest BCUT2D eigenvalue weighted by Gasteiger charge is 2.38. The molecule has 1 aliphatic carbocycles. The van der Waals surface area contributed by atoms with Crippen LogP contribution >= 0.6 is 0 Å². The van der Waals surface area contributed by atoms with Gasteiger partial charge in [0.2, 0.25) is 11.9 Å². The molecule has 3 atom stereocenters. The van der Waals surface area contributed by atoms with E-state index in [4.69, 9.17) is 9.47 Å². The van der Waals surface area contributed by atoms with Gasteiger partial charge in [-0.1, -0.05) is 6.08 Å². The number of rotatable bonds is 3. The molecular weight excluding hydrogens is 284 g/mol. The molecular formula is C17H19O5+. The monoisotopic (exact) mass is 303 g/mol. The third-order valence-corrected chi connectivity index (χ3v) is 3.91. The zero-order valence-corrected chi connectivity index (χ0v) is 12.4. The maximum absolute atomic E-state index is 9.89. The number of benzene rings is 1. The summed E-state index contributed by atoms with van der Waals surface area (Å²) in [7, 11) is 3.11. The number of methoxy groups -OCH3 is 2. The second kappa shape index (κ2) is 5.77. The lowest BCUT2D eigenvalue weighted by Crippen LogP contribution is -2.28. The molecule has 1 heterocycles. The first-order valence-electron chi connectivity index (χ1n) is 7.04. The van der Waals surface area contributed by atoms with E-state index < -0.39 is 6.10 Å². The number of hydrogen-bond acceptors (Lipinski definition) is 4. The van der Waals surface area contributed by atoms with Crippen molar-refractivity contribution in [2.45, 2.75) is 12.2 Å². The summed E-state index contributed by atoms with van der Waals surface area (Å²) in [6.45, 7) is 0. The molecule has 0 radical (unpaired) electrons. The van der Waals surface area contributed by atoms with E-state index in [-0.39, 0.29) is 17.8 Å². The summed E-state index contributed by atoms with van der Waals surface area (Å²) < 4.78 is 15.0. The third kappa shape index (κ3) is 2.44. The van der Waals surface area contributed by atoms with Crippen LogP contribution < -0.4 is 4.74 Å². The number of aliphatic hydroxyl groups is 4. The molecule has 0 amide bonds. The van der Waals surface area contributed by atoms with Crippen LogP contribution in [0, 0.1) is 5.92 Å². The van der Waals surface area contributed by atoms with Crippen molar-refractivity contribution in [3.05, 3.63) is 65.3 Å². The van der Waals surface area contributed by atoms with Gasteiger partial charge in [0.15, 0.2) is 11.5 Å². The second-order valence-electron chi connectivity index (χ2n) is 5.20. The molecule has 0 spiro atoms. The van der Waals surface area contributed by atoms with Crippen LogP contribution in [0.2, 0.25) is 0 Å². The standard InChI is InChI=1S/C17H18O5/c1-20-11-5-3-10(4-6-11)14-8-7-12-15(22-14)9-13(18)16(19)17(12)21-2/h3-9,12-14,18-19H,1-2H3/p+1/t12-,13-,14?/m1/s1. The molecule has 1 aliphatic heterocycles. The zero-order chi connectivity index (χ0) is 15.7. The Balaban J connectivity index is 1.88. The smallest absolute Gasteiger partial charge is 0.244 e. The molecule has 0 saturated heterocycles. The van der Waals surface area contributed by atoms with Crippen LogP contribution in [0.5, 0.6) is 5.75 Å². The number of ether oxygens (including phenoxy) is 3. The summed E-state index contributed by atoms with van der Waals surface area (Å²) in [5, 5.41) is 19.8. The Morgan fingerprint density at radius 1 is 1.05 bits per heavy atom. The van der Waals surface area contributed by atoms with Gasteiger partial charge in [0, 0.05) is 17.7 Å². The highest BCUT2D eigenvalue weighted by Crippen LogP contribution is 2.37. The lowest BCUT2D eigenvalue weighted by Gasteiger charge is -2.29. The Hall–Kier alpha value is -2.40. The van der Waals surface area contributed by atoms with Gasteiger partial charge in [0.1, 0.15) is 17.8 Å². The van der Waals surface area contributed by atoms with Crippen molar-refractivity contribution in [2.24, 2.45) is 5.92 Å². The zero-order valence-electron chi connectivity index (χ0n) is 12.4. The van der Waals surface area contributed by atoms with Gasteiger partial charge in [-0.05, 0) is 24.3 Å². The first kappa shape index (κ1) is 14.5. The SMILES string of the molecule is COC1=C(O)[C@H](O)C=C2[OH+]C(c3ccc(OC)cc3)C=C[C@H]21. The van der Waals surface area contributed by atoms with Gasteiger partial charge >= 0.3 is 0 Å². The Morgan fingerprint density at radius 3 is 2.41 bits per heavy atom. The summed E-state index contributed by atoms with van der Waals surface area (Å²) in [4.78, 5) is 0. The van der Waals surface area contributed by atoms with Crippen molar-refractivity contribution in [3.63, 3.8) is 0 Å². The molecule has 1 aromatic carbocycles. The van der Waals surface area contributed by atoms with E-state index in [1.807, 2.05) is 36.4 Å². The van der Waals surface area contributed by atoms with Crippen LogP contribution in [0.1, 0.15) is 11.7 Å². The first-order valence-corrected chi connectivity index (χ1v) is 7.04. The van der Waals surface area contributed by atoms with E-state index in [0.29, 0.717) is 11.5 Å². The van der Waals surface area contributed by atoms with Crippen LogP contribution in [0.15, 0.2) is 59.8 Å². The minimum Gasteiger partial charge on any atom is -0.577 e. The predicted octanol–water partition coefficient (Wildman–Crippen LogP) is 2.12. The van der Waals surface area contributed by atoms with E-state index >= 15 is 0 Å². The van der Waals surface area contributed by atoms with Crippen molar-refractivity contribution in [3.8, 4) is 5.75 Å². The Bertz CT molecular complexity index is 642. The fourth-order valence-corrected chi connectivity index (χ4v) is 2.73. The van der Waals surface area contributed by atoms with Crippen molar-refractivity contribution in [2.75, 3.05) is 14.2 Å². The molecule has 0 saturated carbocycles. The van der Waals surface area contributed by atoms with Gasteiger partial charge in [-0.2, -0.15) is 0 Å². The Kier molecular flexibility index (Phi) is 3.81. The van der Waals surface area contributed by atoms with Gasteiger partial charge in [0.25, 0.3) is 0 Å². The van der Waals surface area contributed by atoms with Gasteiger partial charge in [0.05, 0.1) is 14.2 Å². The van der Waals surface area contributed by atoms with Crippen molar-refractivity contribution in [1.82, 2.24) is 0 Å². The Morgan fingerprint density at radius 2 is 1.77 bits per heavy atom. The molecule has 116 valence electrons. The van der Waals surface area contributed by atoms with Gasteiger partial charge < -0.3 is 24.4 Å². The molecule has 2 aliphatic rings. The van der Waals surface area contributed by atoms with E-state index in [2.05, 4.69) is 4.74 Å². The first-order chi connectivity index (χ1) is 10.6. The number of fused-ring (bicyclic) bond motifs is 1. The summed E-state index contributed by atoms with van der Waals surface area (Å²) >= 11 is 0. The van der Waals surface area contributed by atoms with Gasteiger partial charge in [-0.25, -0.2) is 0 Å². The summed E-state index contributed by atoms with van der Waals surface area (Å²) in [5.41, 5.74) is 1.03. The Labute approximate surface area is 128 Å². The molecule has 0 aromatic heterocycles. The molecule has 0 fully saturated rings. The minimum atomic E-state index is -1.08. The molecule has 5 heteroatoms. The number of hydrogen-bond donors (Lipinski definition) is 2. The van der Waals surface area contributed by atoms with Crippen LogP contribution in [0.4, 0.5) is 0 Å². The second-order valence-corrected chi connectivity index (χ2v) is 5.20. The molecule has 22 heavy (non-hydrogen) atoms. The van der Waals surface area contributed by atoms with Crippen molar-refractivity contribution < 1.29 is 24.4 Å². The lowest BCUT2D eigenvalue weighted by atomic mass is 9.91. The van der Waals surface area contributed by atoms with Gasteiger partial charge in [-0.3, -0.25) is 0 Å². The predicted molar refractivity (Wildman–Crippen MR) is 81.3 cm³/mol. The third-order valence-electron chi connectivity index (χ3n) is 3.91. The quantitative estimate of drug-likeness (QED) is 0.663. The highest BCUT2D eigenvalue weighted by atomic mass is 16.5. The molecule has 3 rings (SSSR count). The van der Waals surface area contributed by atoms with Crippen LogP contribution in [-0.4, -0.2) is 35.3 Å². The highest BCUT2D eigenvalue weighted by molar-refractivity contribution is 5.36. The topological polar surface area (TPSA) is 71.7 Å². The molecule has 3 N–H and O–H groups in total. The maximum Gasteiger partial charge on any atom is 0.244 e. The maximum atomic E-state index is 9.89. The van der Waals surface area contributed by atoms with Crippen LogP contribution in [0.25, 0.3) is 0 Å². The van der Waals surface area contributed by atoms with Crippen molar-refractivity contribution >= 4 is 0 Å². The molecule has 5 nitrogen and oxygen atoms in total. The molecule has 0 bridgehead atoms. The van der Waals surface area contributed by atoms with E-state index in [1.165, 1.54) is 7.11 Å².